The maximum absolute atomic E-state index is 12.6. The molecule has 0 saturated carbocycles. The third kappa shape index (κ3) is 5.05. The first-order chi connectivity index (χ1) is 11.1. The van der Waals surface area contributed by atoms with Crippen LogP contribution in [0, 0.1) is 0 Å². The maximum atomic E-state index is 12.6. The zero-order chi connectivity index (χ0) is 16.7. The van der Waals surface area contributed by atoms with Crippen molar-refractivity contribution < 1.29 is 9.90 Å². The number of likely N-dealkylation sites (tertiary alicyclic amines) is 1. The number of piperidine rings is 1. The van der Waals surface area contributed by atoms with Crippen molar-refractivity contribution in [2.24, 2.45) is 0 Å². The van der Waals surface area contributed by atoms with Crippen LogP contribution in [0.1, 0.15) is 57.6 Å². The van der Waals surface area contributed by atoms with Gasteiger partial charge in [-0.05, 0) is 51.5 Å². The Labute approximate surface area is 139 Å². The lowest BCUT2D eigenvalue weighted by Gasteiger charge is -2.39. The fraction of sp³-hybridized carbons (Fsp3) is 0.632. The Morgan fingerprint density at radius 3 is 2.52 bits per heavy atom. The molecule has 23 heavy (non-hydrogen) atoms. The first-order valence-corrected chi connectivity index (χ1v) is 8.83. The predicted molar refractivity (Wildman–Crippen MR) is 93.1 cm³/mol. The van der Waals surface area contributed by atoms with Crippen molar-refractivity contribution in [3.63, 3.8) is 0 Å². The lowest BCUT2D eigenvalue weighted by Crippen LogP contribution is -2.50. The van der Waals surface area contributed by atoms with Crippen LogP contribution in [0.5, 0.6) is 0 Å². The quantitative estimate of drug-likeness (QED) is 0.813. The van der Waals surface area contributed by atoms with Gasteiger partial charge in [-0.15, -0.1) is 0 Å². The van der Waals surface area contributed by atoms with E-state index in [0.717, 1.165) is 25.7 Å². The smallest absolute Gasteiger partial charge is 0.237 e. The molecule has 0 radical (unpaired) electrons. The third-order valence-electron chi connectivity index (χ3n) is 4.83. The molecular formula is C19H30N2O2. The first kappa shape index (κ1) is 18.0. The summed E-state index contributed by atoms with van der Waals surface area (Å²) in [5.74, 6) is 0.189. The highest BCUT2D eigenvalue weighted by Gasteiger charge is 2.28. The number of nitrogens with one attached hydrogen (secondary N) is 1. The summed E-state index contributed by atoms with van der Waals surface area (Å²) >= 11 is 0. The molecule has 4 nitrogen and oxygen atoms in total. The van der Waals surface area contributed by atoms with Gasteiger partial charge in [0.2, 0.25) is 5.91 Å². The minimum atomic E-state index is 0.114. The van der Waals surface area contributed by atoms with Gasteiger partial charge in [0.05, 0.1) is 6.54 Å². The molecule has 1 heterocycles. The number of aliphatic hydroxyl groups excluding tert-OH is 1. The molecule has 1 aromatic carbocycles. The average Bonchev–Trinajstić information content (AvgIpc) is 2.55. The third-order valence-corrected chi connectivity index (χ3v) is 4.83. The number of nitrogens with zero attached hydrogens (tertiary/aromatic N) is 1. The zero-order valence-electron chi connectivity index (χ0n) is 14.4. The average molecular weight is 318 g/mol. The molecule has 1 amide bonds. The van der Waals surface area contributed by atoms with Gasteiger partial charge in [0.1, 0.15) is 0 Å². The van der Waals surface area contributed by atoms with Crippen molar-refractivity contribution in [1.29, 1.82) is 0 Å². The minimum Gasteiger partial charge on any atom is -0.396 e. The lowest BCUT2D eigenvalue weighted by molar-refractivity contribution is -0.136. The van der Waals surface area contributed by atoms with E-state index in [9.17, 15) is 4.79 Å². The molecule has 4 heteroatoms. The van der Waals surface area contributed by atoms with Crippen LogP contribution in [0.15, 0.2) is 30.3 Å². The van der Waals surface area contributed by atoms with E-state index < -0.39 is 0 Å². The van der Waals surface area contributed by atoms with E-state index in [-0.39, 0.29) is 18.6 Å². The molecule has 1 saturated heterocycles. The van der Waals surface area contributed by atoms with E-state index in [0.29, 0.717) is 18.6 Å². The molecule has 1 fully saturated rings. The van der Waals surface area contributed by atoms with Gasteiger partial charge in [0.15, 0.2) is 0 Å². The van der Waals surface area contributed by atoms with Crippen LogP contribution in [-0.4, -0.2) is 41.1 Å². The molecule has 0 aliphatic carbocycles. The topological polar surface area (TPSA) is 52.6 Å². The van der Waals surface area contributed by atoms with Gasteiger partial charge in [-0.3, -0.25) is 4.79 Å². The Bertz CT molecular complexity index is 468. The van der Waals surface area contributed by atoms with Gasteiger partial charge in [-0.2, -0.15) is 0 Å². The molecule has 1 aliphatic heterocycles. The van der Waals surface area contributed by atoms with Crippen LogP contribution in [0.25, 0.3) is 0 Å². The van der Waals surface area contributed by atoms with E-state index in [1.807, 2.05) is 23.1 Å². The summed E-state index contributed by atoms with van der Waals surface area (Å²) in [6.07, 6.45) is 4.98. The maximum Gasteiger partial charge on any atom is 0.237 e. The Balaban J connectivity index is 1.96. The Kier molecular flexibility index (Phi) is 7.06. The fourth-order valence-electron chi connectivity index (χ4n) is 3.58. The second-order valence-electron chi connectivity index (χ2n) is 6.64. The van der Waals surface area contributed by atoms with Crippen LogP contribution in [0.3, 0.4) is 0 Å². The molecule has 3 atom stereocenters. The molecule has 2 rings (SSSR count). The molecule has 1 aliphatic rings. The van der Waals surface area contributed by atoms with E-state index in [1.165, 1.54) is 12.0 Å². The second-order valence-corrected chi connectivity index (χ2v) is 6.64. The highest BCUT2D eigenvalue weighted by Crippen LogP contribution is 2.23. The number of benzene rings is 1. The van der Waals surface area contributed by atoms with E-state index in [2.05, 4.69) is 31.3 Å². The van der Waals surface area contributed by atoms with Crippen molar-refractivity contribution in [2.75, 3.05) is 13.2 Å². The standard InChI is InChI=1S/C19H30N2O2/c1-15-8-6-9-16(2)21(15)19(23)14-20-18(12-7-13-22)17-10-4-3-5-11-17/h3-5,10-11,15-16,18,20,22H,6-9,12-14H2,1-2H3. The Hall–Kier alpha value is -1.39. The normalized spacial score (nSPS) is 22.8. The van der Waals surface area contributed by atoms with Gasteiger partial charge in [0.25, 0.3) is 0 Å². The number of carbonyl (C=O) groups is 1. The molecular weight excluding hydrogens is 288 g/mol. The predicted octanol–water partition coefficient (Wildman–Crippen LogP) is 2.88. The van der Waals surface area contributed by atoms with Crippen molar-refractivity contribution in [1.82, 2.24) is 10.2 Å². The number of hydrogen-bond donors (Lipinski definition) is 2. The summed E-state index contributed by atoms with van der Waals surface area (Å²) in [6, 6.07) is 11.0. The lowest BCUT2D eigenvalue weighted by atomic mass is 9.97. The Morgan fingerprint density at radius 1 is 1.26 bits per heavy atom. The summed E-state index contributed by atoms with van der Waals surface area (Å²) < 4.78 is 0. The van der Waals surface area contributed by atoms with Crippen molar-refractivity contribution >= 4 is 5.91 Å². The van der Waals surface area contributed by atoms with Gasteiger partial charge in [-0.1, -0.05) is 30.3 Å². The van der Waals surface area contributed by atoms with Gasteiger partial charge < -0.3 is 15.3 Å². The Morgan fingerprint density at radius 2 is 1.91 bits per heavy atom. The number of rotatable bonds is 7. The highest BCUT2D eigenvalue weighted by molar-refractivity contribution is 5.79. The van der Waals surface area contributed by atoms with Crippen molar-refractivity contribution in [2.45, 2.75) is 64.1 Å². The summed E-state index contributed by atoms with van der Waals surface area (Å²) in [6.45, 7) is 4.83. The van der Waals surface area contributed by atoms with E-state index >= 15 is 0 Å². The van der Waals surface area contributed by atoms with Crippen LogP contribution in [0.4, 0.5) is 0 Å². The zero-order valence-corrected chi connectivity index (χ0v) is 14.4. The van der Waals surface area contributed by atoms with Crippen LogP contribution < -0.4 is 5.32 Å². The van der Waals surface area contributed by atoms with E-state index in [1.54, 1.807) is 0 Å². The van der Waals surface area contributed by atoms with Crippen LogP contribution in [0.2, 0.25) is 0 Å². The molecule has 128 valence electrons. The molecule has 0 spiro atoms. The monoisotopic (exact) mass is 318 g/mol. The van der Waals surface area contributed by atoms with Gasteiger partial charge in [-0.25, -0.2) is 0 Å². The summed E-state index contributed by atoms with van der Waals surface area (Å²) in [5, 5.41) is 12.5. The van der Waals surface area contributed by atoms with Gasteiger partial charge in [0, 0.05) is 24.7 Å². The summed E-state index contributed by atoms with van der Waals surface area (Å²) in [5.41, 5.74) is 1.17. The van der Waals surface area contributed by atoms with Crippen molar-refractivity contribution in [3.8, 4) is 0 Å². The second kappa shape index (κ2) is 9.04. The van der Waals surface area contributed by atoms with Gasteiger partial charge >= 0.3 is 0 Å². The summed E-state index contributed by atoms with van der Waals surface area (Å²) in [7, 11) is 0. The first-order valence-electron chi connectivity index (χ1n) is 8.83. The molecule has 0 bridgehead atoms. The van der Waals surface area contributed by atoms with Crippen LogP contribution >= 0.6 is 0 Å². The molecule has 2 N–H and O–H groups in total. The SMILES string of the molecule is CC1CCCC(C)N1C(=O)CNC(CCCO)c1ccccc1. The molecule has 3 unspecified atom stereocenters. The number of hydrogen-bond acceptors (Lipinski definition) is 3. The van der Waals surface area contributed by atoms with Crippen LogP contribution in [-0.2, 0) is 4.79 Å². The largest absolute Gasteiger partial charge is 0.396 e. The number of carbonyl (C=O) groups excluding carboxylic acids is 1. The summed E-state index contributed by atoms with van der Waals surface area (Å²) in [4.78, 5) is 14.7. The highest BCUT2D eigenvalue weighted by atomic mass is 16.3. The molecule has 1 aromatic rings. The fourth-order valence-corrected chi connectivity index (χ4v) is 3.58. The van der Waals surface area contributed by atoms with E-state index in [4.69, 9.17) is 5.11 Å². The number of aliphatic hydroxyl groups is 1. The number of amides is 1. The van der Waals surface area contributed by atoms with Crippen molar-refractivity contribution in [3.05, 3.63) is 35.9 Å². The molecule has 0 aromatic heterocycles. The minimum absolute atomic E-state index is 0.114.